The maximum atomic E-state index is 10.5. The fourth-order valence-electron chi connectivity index (χ4n) is 2.64. The number of benzene rings is 2. The van der Waals surface area contributed by atoms with Gasteiger partial charge in [-0.3, -0.25) is 4.98 Å². The number of aliphatic hydroxyl groups excluding tert-OH is 1. The maximum absolute atomic E-state index is 10.5. The lowest BCUT2D eigenvalue weighted by Crippen LogP contribution is -2.12. The number of nitrogens with one attached hydrogen (secondary N) is 1. The summed E-state index contributed by atoms with van der Waals surface area (Å²) >= 11 is 3.51. The lowest BCUT2D eigenvalue weighted by Gasteiger charge is -2.16. The second-order valence-corrected chi connectivity index (χ2v) is 6.39. The molecular formula is C19H19BrN2O3. The second kappa shape index (κ2) is 7.72. The SMILES string of the molecule is COc1cc(OC)cc(C(O)CNc2ccnc3c(Br)cccc23)c1. The van der Waals surface area contributed by atoms with Gasteiger partial charge in [0.15, 0.2) is 0 Å². The van der Waals surface area contributed by atoms with Crippen molar-refractivity contribution in [2.24, 2.45) is 0 Å². The minimum Gasteiger partial charge on any atom is -0.497 e. The molecule has 0 amide bonds. The molecule has 0 saturated heterocycles. The first kappa shape index (κ1) is 17.5. The molecule has 0 spiro atoms. The Morgan fingerprint density at radius 2 is 1.84 bits per heavy atom. The topological polar surface area (TPSA) is 63.6 Å². The lowest BCUT2D eigenvalue weighted by atomic mass is 10.1. The highest BCUT2D eigenvalue weighted by atomic mass is 79.9. The number of rotatable bonds is 6. The van der Waals surface area contributed by atoms with E-state index in [4.69, 9.17) is 9.47 Å². The minimum atomic E-state index is -0.709. The molecule has 0 radical (unpaired) electrons. The van der Waals surface area contributed by atoms with E-state index in [9.17, 15) is 5.11 Å². The molecule has 3 aromatic rings. The summed E-state index contributed by atoms with van der Waals surface area (Å²) in [5.74, 6) is 1.29. The number of anilines is 1. The molecule has 1 unspecified atom stereocenters. The van der Waals surface area contributed by atoms with Crippen LogP contribution >= 0.6 is 15.9 Å². The van der Waals surface area contributed by atoms with E-state index in [1.807, 2.05) is 24.3 Å². The van der Waals surface area contributed by atoms with Crippen LogP contribution in [0, 0.1) is 0 Å². The van der Waals surface area contributed by atoms with E-state index in [0.717, 1.165) is 26.6 Å². The fraction of sp³-hybridized carbons (Fsp3) is 0.211. The third kappa shape index (κ3) is 3.86. The quantitative estimate of drug-likeness (QED) is 0.647. The molecule has 130 valence electrons. The van der Waals surface area contributed by atoms with Crippen molar-refractivity contribution < 1.29 is 14.6 Å². The zero-order valence-corrected chi connectivity index (χ0v) is 15.6. The third-order valence-electron chi connectivity index (χ3n) is 3.97. The van der Waals surface area contributed by atoms with E-state index in [1.54, 1.807) is 38.6 Å². The monoisotopic (exact) mass is 402 g/mol. The number of halogens is 1. The molecule has 3 rings (SSSR count). The van der Waals surface area contributed by atoms with Gasteiger partial charge in [0.05, 0.1) is 25.8 Å². The smallest absolute Gasteiger partial charge is 0.122 e. The Morgan fingerprint density at radius 1 is 1.12 bits per heavy atom. The predicted molar refractivity (Wildman–Crippen MR) is 102 cm³/mol. The molecule has 5 nitrogen and oxygen atoms in total. The number of fused-ring (bicyclic) bond motifs is 1. The van der Waals surface area contributed by atoms with E-state index in [-0.39, 0.29) is 0 Å². The number of hydrogen-bond donors (Lipinski definition) is 2. The van der Waals surface area contributed by atoms with E-state index < -0.39 is 6.10 Å². The van der Waals surface area contributed by atoms with Gasteiger partial charge < -0.3 is 19.9 Å². The first-order chi connectivity index (χ1) is 12.1. The van der Waals surface area contributed by atoms with Crippen molar-refractivity contribution in [1.82, 2.24) is 4.98 Å². The molecule has 0 saturated carbocycles. The average molecular weight is 403 g/mol. The molecule has 1 heterocycles. The van der Waals surface area contributed by atoms with Crippen LogP contribution < -0.4 is 14.8 Å². The zero-order chi connectivity index (χ0) is 17.8. The van der Waals surface area contributed by atoms with Gasteiger partial charge in [0.1, 0.15) is 11.5 Å². The summed E-state index contributed by atoms with van der Waals surface area (Å²) < 4.78 is 11.4. The van der Waals surface area contributed by atoms with Crippen LogP contribution in [-0.4, -0.2) is 30.9 Å². The van der Waals surface area contributed by atoms with Crippen LogP contribution in [-0.2, 0) is 0 Å². The van der Waals surface area contributed by atoms with Gasteiger partial charge in [-0.2, -0.15) is 0 Å². The number of methoxy groups -OCH3 is 2. The van der Waals surface area contributed by atoms with Crippen molar-refractivity contribution in [3.05, 3.63) is 58.7 Å². The number of pyridine rings is 1. The van der Waals surface area contributed by atoms with Gasteiger partial charge >= 0.3 is 0 Å². The van der Waals surface area contributed by atoms with Crippen LogP contribution in [0.25, 0.3) is 10.9 Å². The van der Waals surface area contributed by atoms with Gasteiger partial charge in [-0.15, -0.1) is 0 Å². The molecule has 1 atom stereocenters. The van der Waals surface area contributed by atoms with Crippen LogP contribution in [0.5, 0.6) is 11.5 Å². The summed E-state index contributed by atoms with van der Waals surface area (Å²) in [4.78, 5) is 4.39. The standard InChI is InChI=1S/C19H19BrN2O3/c1-24-13-8-12(9-14(10-13)25-2)18(23)11-22-17-6-7-21-19-15(17)4-3-5-16(19)20/h3-10,18,23H,11H2,1-2H3,(H,21,22). The highest BCUT2D eigenvalue weighted by Crippen LogP contribution is 2.29. The van der Waals surface area contributed by atoms with Crippen LogP contribution in [0.15, 0.2) is 53.1 Å². The van der Waals surface area contributed by atoms with Crippen molar-refractivity contribution in [2.45, 2.75) is 6.10 Å². The molecule has 0 fully saturated rings. The fourth-order valence-corrected chi connectivity index (χ4v) is 3.11. The van der Waals surface area contributed by atoms with Gasteiger partial charge in [0.25, 0.3) is 0 Å². The maximum Gasteiger partial charge on any atom is 0.122 e. The summed E-state index contributed by atoms with van der Waals surface area (Å²) in [6, 6.07) is 13.2. The predicted octanol–water partition coefficient (Wildman–Crippen LogP) is 4.16. The van der Waals surface area contributed by atoms with Crippen molar-refractivity contribution >= 4 is 32.5 Å². The highest BCUT2D eigenvalue weighted by molar-refractivity contribution is 9.10. The van der Waals surface area contributed by atoms with Crippen LogP contribution in [0.2, 0.25) is 0 Å². The summed E-state index contributed by atoms with van der Waals surface area (Å²) in [5.41, 5.74) is 2.52. The number of para-hydroxylation sites is 1. The molecule has 0 bridgehead atoms. The summed E-state index contributed by atoms with van der Waals surface area (Å²) in [6.45, 7) is 0.349. The molecule has 0 aliphatic heterocycles. The summed E-state index contributed by atoms with van der Waals surface area (Å²) in [6.07, 6.45) is 1.04. The molecule has 2 N–H and O–H groups in total. The average Bonchev–Trinajstić information content (AvgIpc) is 2.66. The van der Waals surface area contributed by atoms with Crippen molar-refractivity contribution in [2.75, 3.05) is 26.1 Å². The van der Waals surface area contributed by atoms with Gasteiger partial charge in [0.2, 0.25) is 0 Å². The number of nitrogens with zero attached hydrogens (tertiary/aromatic N) is 1. The first-order valence-corrected chi connectivity index (χ1v) is 8.60. The lowest BCUT2D eigenvalue weighted by molar-refractivity contribution is 0.190. The van der Waals surface area contributed by atoms with E-state index in [2.05, 4.69) is 26.2 Å². The highest BCUT2D eigenvalue weighted by Gasteiger charge is 2.12. The Balaban J connectivity index is 1.81. The molecule has 1 aromatic heterocycles. The molecule has 6 heteroatoms. The van der Waals surface area contributed by atoms with Gasteiger partial charge in [-0.25, -0.2) is 0 Å². The van der Waals surface area contributed by atoms with Crippen LogP contribution in [0.1, 0.15) is 11.7 Å². The Morgan fingerprint density at radius 3 is 2.52 bits per heavy atom. The van der Waals surface area contributed by atoms with Crippen LogP contribution in [0.4, 0.5) is 5.69 Å². The van der Waals surface area contributed by atoms with Crippen LogP contribution in [0.3, 0.4) is 0 Å². The van der Waals surface area contributed by atoms with Gasteiger partial charge in [-0.05, 0) is 45.8 Å². The third-order valence-corrected chi connectivity index (χ3v) is 4.61. The Bertz CT molecular complexity index is 863. The Labute approximate surface area is 154 Å². The van der Waals surface area contributed by atoms with E-state index in [0.29, 0.717) is 18.0 Å². The van der Waals surface area contributed by atoms with E-state index >= 15 is 0 Å². The number of aromatic nitrogens is 1. The molecule has 0 aliphatic rings. The van der Waals surface area contributed by atoms with Gasteiger partial charge in [0, 0.05) is 34.4 Å². The molecule has 0 aliphatic carbocycles. The molecule has 2 aromatic carbocycles. The number of ether oxygens (including phenoxy) is 2. The normalized spacial score (nSPS) is 12.0. The molecular weight excluding hydrogens is 384 g/mol. The summed E-state index contributed by atoms with van der Waals surface area (Å²) in [7, 11) is 3.17. The zero-order valence-electron chi connectivity index (χ0n) is 14.0. The minimum absolute atomic E-state index is 0.349. The number of aliphatic hydroxyl groups is 1. The van der Waals surface area contributed by atoms with Crippen molar-refractivity contribution in [3.63, 3.8) is 0 Å². The van der Waals surface area contributed by atoms with Crippen molar-refractivity contribution in [1.29, 1.82) is 0 Å². The van der Waals surface area contributed by atoms with E-state index in [1.165, 1.54) is 0 Å². The Kier molecular flexibility index (Phi) is 5.40. The van der Waals surface area contributed by atoms with Gasteiger partial charge in [-0.1, -0.05) is 12.1 Å². The largest absolute Gasteiger partial charge is 0.497 e. The molecule has 25 heavy (non-hydrogen) atoms. The Hall–Kier alpha value is -2.31. The second-order valence-electron chi connectivity index (χ2n) is 5.54. The van der Waals surface area contributed by atoms with Crippen molar-refractivity contribution in [3.8, 4) is 11.5 Å². The first-order valence-electron chi connectivity index (χ1n) is 7.80. The number of hydrogen-bond acceptors (Lipinski definition) is 5. The summed E-state index contributed by atoms with van der Waals surface area (Å²) in [5, 5.41) is 14.8.